The number of nitrogens with zero attached hydrogens (tertiary/aromatic N) is 3. The Balaban J connectivity index is 0. The van der Waals surface area contributed by atoms with Gasteiger partial charge in [0.05, 0.1) is 13.1 Å². The molecule has 24 heavy (non-hydrogen) atoms. The second-order valence-corrected chi connectivity index (χ2v) is 4.86. The van der Waals surface area contributed by atoms with Gasteiger partial charge >= 0.3 is 5.96 Å². The molecule has 0 atom stereocenters. The summed E-state index contributed by atoms with van der Waals surface area (Å²) in [6, 6.07) is 0. The van der Waals surface area contributed by atoms with Crippen molar-refractivity contribution in [2.45, 2.75) is 32.1 Å². The maximum absolute atomic E-state index is 8.32. The van der Waals surface area contributed by atoms with Gasteiger partial charge in [-0.2, -0.15) is 5.26 Å². The molecule has 0 bridgehead atoms. The zero-order valence-electron chi connectivity index (χ0n) is 14.0. The van der Waals surface area contributed by atoms with Crippen LogP contribution < -0.4 is 51.0 Å². The number of quaternary nitrogens is 1. The monoisotopic (exact) mass is 361 g/mol. The van der Waals surface area contributed by atoms with E-state index in [0.29, 0.717) is 38.0 Å². The van der Waals surface area contributed by atoms with Crippen LogP contribution in [-0.2, 0) is 0 Å². The van der Waals surface area contributed by atoms with Gasteiger partial charge in [-0.1, -0.05) is 6.42 Å². The molecular weight excluding hydrogens is 332 g/mol. The molecule has 0 aromatic heterocycles. The Morgan fingerprint density at radius 1 is 1.04 bits per heavy atom. The molecule has 0 radical (unpaired) electrons. The number of nitrogens with two attached hydrogens (primary N) is 3. The van der Waals surface area contributed by atoms with E-state index in [4.69, 9.17) is 22.1 Å². The van der Waals surface area contributed by atoms with Crippen molar-refractivity contribution in [3.05, 3.63) is 0 Å². The smallest absolute Gasteiger partial charge is 0.348 e. The first-order chi connectivity index (χ1) is 11.1. The summed E-state index contributed by atoms with van der Waals surface area (Å²) < 4.78 is 0. The SMILES string of the molecule is N#CNC(N)=NCCCNC(=[NH2+])NC(N)=NCCCCCC[NH3+].[Cl-]. The summed E-state index contributed by atoms with van der Waals surface area (Å²) in [5.41, 5.74) is 14.9. The van der Waals surface area contributed by atoms with Crippen molar-refractivity contribution in [3.8, 4) is 6.19 Å². The van der Waals surface area contributed by atoms with Gasteiger partial charge in [0.25, 0.3) is 5.96 Å². The minimum Gasteiger partial charge on any atom is -1.00 e. The summed E-state index contributed by atoms with van der Waals surface area (Å²) >= 11 is 0. The van der Waals surface area contributed by atoms with Crippen LogP contribution in [0.3, 0.4) is 0 Å². The highest BCUT2D eigenvalue weighted by atomic mass is 35.5. The van der Waals surface area contributed by atoms with Gasteiger partial charge in [0, 0.05) is 13.1 Å². The molecule has 0 heterocycles. The summed E-state index contributed by atoms with van der Waals surface area (Å²) in [5, 5.41) is 22.1. The lowest BCUT2D eigenvalue weighted by molar-refractivity contribution is -0.368. The van der Waals surface area contributed by atoms with E-state index in [-0.39, 0.29) is 18.4 Å². The largest absolute Gasteiger partial charge is 1.00 e. The molecule has 0 aromatic carbocycles. The minimum atomic E-state index is 0. The molecule has 12 N–H and O–H groups in total. The number of halogens is 1. The topological polar surface area (TPSA) is 190 Å². The predicted molar refractivity (Wildman–Crippen MR) is 90.6 cm³/mol. The lowest BCUT2D eigenvalue weighted by Crippen LogP contribution is -3.00. The summed E-state index contributed by atoms with van der Waals surface area (Å²) in [4.78, 5) is 8.14. The minimum absolute atomic E-state index is 0. The van der Waals surface area contributed by atoms with E-state index >= 15 is 0 Å². The fraction of sp³-hybridized carbons (Fsp3) is 0.692. The average molecular weight is 362 g/mol. The number of guanidine groups is 3. The summed E-state index contributed by atoms with van der Waals surface area (Å²) in [7, 11) is 0. The molecule has 138 valence electrons. The number of hydrogen-bond donors (Lipinski definition) is 7. The van der Waals surface area contributed by atoms with Crippen LogP contribution in [-0.4, -0.2) is 44.1 Å². The van der Waals surface area contributed by atoms with Crippen molar-refractivity contribution in [1.29, 1.82) is 5.26 Å². The van der Waals surface area contributed by atoms with E-state index in [1.165, 1.54) is 6.42 Å². The highest BCUT2D eigenvalue weighted by Gasteiger charge is 2.04. The van der Waals surface area contributed by atoms with E-state index in [0.717, 1.165) is 25.8 Å². The van der Waals surface area contributed by atoms with Crippen LogP contribution in [0, 0.1) is 11.5 Å². The fourth-order valence-corrected chi connectivity index (χ4v) is 1.66. The van der Waals surface area contributed by atoms with E-state index in [1.54, 1.807) is 6.19 Å². The third-order valence-corrected chi connectivity index (χ3v) is 2.82. The molecule has 0 saturated carbocycles. The normalized spacial score (nSPS) is 11.2. The molecular formula is C13H30ClN10+. The van der Waals surface area contributed by atoms with Crippen LogP contribution in [0.1, 0.15) is 32.1 Å². The molecule has 0 spiro atoms. The molecule has 0 aliphatic carbocycles. The quantitative estimate of drug-likeness (QED) is 0.0664. The number of nitriles is 1. The van der Waals surface area contributed by atoms with Gasteiger partial charge in [-0.25, -0.2) is 10.3 Å². The molecule has 0 aliphatic rings. The van der Waals surface area contributed by atoms with Gasteiger partial charge in [-0.15, -0.1) is 0 Å². The van der Waals surface area contributed by atoms with Gasteiger partial charge in [0.1, 0.15) is 0 Å². The van der Waals surface area contributed by atoms with Crippen molar-refractivity contribution in [2.24, 2.45) is 21.5 Å². The lowest BCUT2D eigenvalue weighted by atomic mass is 10.2. The average Bonchev–Trinajstić information content (AvgIpc) is 2.50. The maximum Gasteiger partial charge on any atom is 0.348 e. The zero-order valence-corrected chi connectivity index (χ0v) is 14.8. The molecule has 10 nitrogen and oxygen atoms in total. The van der Waals surface area contributed by atoms with Gasteiger partial charge in [0.2, 0.25) is 5.96 Å². The van der Waals surface area contributed by atoms with Crippen LogP contribution in [0.15, 0.2) is 9.98 Å². The first kappa shape index (κ1) is 24.0. The predicted octanol–water partition coefficient (Wildman–Crippen LogP) is -6.82. The lowest BCUT2D eigenvalue weighted by Gasteiger charge is -2.03. The highest BCUT2D eigenvalue weighted by molar-refractivity contribution is 5.95. The van der Waals surface area contributed by atoms with Crippen LogP contribution in [0.25, 0.3) is 0 Å². The van der Waals surface area contributed by atoms with Gasteiger partial charge < -0.3 is 29.6 Å². The van der Waals surface area contributed by atoms with Crippen molar-refractivity contribution in [1.82, 2.24) is 16.0 Å². The van der Waals surface area contributed by atoms with Gasteiger partial charge in [-0.05, 0) is 25.7 Å². The van der Waals surface area contributed by atoms with Crippen molar-refractivity contribution in [2.75, 3.05) is 26.2 Å². The number of rotatable bonds is 10. The Hall–Kier alpha value is -2.25. The summed E-state index contributed by atoms with van der Waals surface area (Å²) in [5.74, 6) is 0.747. The number of nitrogens with one attached hydrogen (secondary N) is 3. The molecule has 11 heteroatoms. The van der Waals surface area contributed by atoms with Crippen LogP contribution >= 0.6 is 0 Å². The summed E-state index contributed by atoms with van der Waals surface area (Å²) in [6.45, 7) is 2.75. The van der Waals surface area contributed by atoms with Crippen molar-refractivity contribution < 1.29 is 23.5 Å². The number of unbranched alkanes of at least 4 members (excludes halogenated alkanes) is 3. The molecule has 0 amide bonds. The van der Waals surface area contributed by atoms with E-state index in [9.17, 15) is 0 Å². The Kier molecular flexibility index (Phi) is 17.1. The standard InChI is InChI=1S/C13H28N10.ClH/c14-6-3-1-2-4-7-20-12(17)23-13(18)21-9-5-8-19-11(16)22-10-15;/h1-9,14H2,(H3,16,19,22)(H5,17,18,20,21,23);1H/p+1. The first-order valence-electron chi connectivity index (χ1n) is 7.77. The third-order valence-electron chi connectivity index (χ3n) is 2.82. The molecule has 0 saturated heterocycles. The van der Waals surface area contributed by atoms with E-state index < -0.39 is 0 Å². The Bertz CT molecular complexity index is 429. The molecule has 0 aliphatic heterocycles. The maximum atomic E-state index is 8.32. The molecule has 0 rings (SSSR count). The highest BCUT2D eigenvalue weighted by Crippen LogP contribution is 1.97. The second kappa shape index (κ2) is 17.1. The van der Waals surface area contributed by atoms with Gasteiger partial charge in [0.15, 0.2) is 6.19 Å². The van der Waals surface area contributed by atoms with E-state index in [2.05, 4.69) is 31.7 Å². The Morgan fingerprint density at radius 2 is 1.67 bits per heavy atom. The van der Waals surface area contributed by atoms with Crippen LogP contribution in [0.5, 0.6) is 0 Å². The summed E-state index contributed by atoms with van der Waals surface area (Å²) in [6.07, 6.45) is 6.88. The van der Waals surface area contributed by atoms with Gasteiger partial charge in [-0.3, -0.25) is 21.0 Å². The first-order valence-corrected chi connectivity index (χ1v) is 7.77. The van der Waals surface area contributed by atoms with Crippen LogP contribution in [0.2, 0.25) is 0 Å². The van der Waals surface area contributed by atoms with Crippen LogP contribution in [0.4, 0.5) is 0 Å². The molecule has 0 unspecified atom stereocenters. The van der Waals surface area contributed by atoms with Crippen molar-refractivity contribution >= 4 is 17.9 Å². The zero-order chi connectivity index (χ0) is 17.3. The Labute approximate surface area is 149 Å². The van der Waals surface area contributed by atoms with E-state index in [1.807, 2.05) is 0 Å². The van der Waals surface area contributed by atoms with Crippen molar-refractivity contribution in [3.63, 3.8) is 0 Å². The fourth-order valence-electron chi connectivity index (χ4n) is 1.66. The Morgan fingerprint density at radius 3 is 2.33 bits per heavy atom. The molecule has 0 aromatic rings. The second-order valence-electron chi connectivity index (χ2n) is 4.86. The third kappa shape index (κ3) is 16.1. The number of aliphatic imine (C=N–C) groups is 2. The molecule has 0 fully saturated rings. The number of hydrogen-bond acceptors (Lipinski definition) is 3.